The fourth-order valence-corrected chi connectivity index (χ4v) is 2.09. The van der Waals surface area contributed by atoms with Crippen molar-refractivity contribution in [3.05, 3.63) is 0 Å². The van der Waals surface area contributed by atoms with Gasteiger partial charge >= 0.3 is 6.03 Å². The number of urea groups is 1. The number of carbonyl (C=O) groups is 1. The molecule has 5 heteroatoms. The topological polar surface area (TPSA) is 53.6 Å². The third kappa shape index (κ3) is 5.89. The summed E-state index contributed by atoms with van der Waals surface area (Å²) in [5.74, 6) is 0.622. The highest BCUT2D eigenvalue weighted by atomic mass is 16.5. The molecule has 0 aromatic rings. The fraction of sp³-hybridized carbons (Fsp3) is 0.917. The van der Waals surface area contributed by atoms with Crippen LogP contribution in [0.5, 0.6) is 0 Å². The molecule has 0 saturated carbocycles. The van der Waals surface area contributed by atoms with Crippen molar-refractivity contribution in [2.45, 2.75) is 19.8 Å². The van der Waals surface area contributed by atoms with E-state index in [-0.39, 0.29) is 6.03 Å². The molecule has 1 heterocycles. The number of amides is 2. The fourth-order valence-electron chi connectivity index (χ4n) is 2.09. The van der Waals surface area contributed by atoms with Gasteiger partial charge in [0.25, 0.3) is 0 Å². The molecule has 0 unspecified atom stereocenters. The lowest BCUT2D eigenvalue weighted by molar-refractivity contribution is 0.120. The Morgan fingerprint density at radius 1 is 1.35 bits per heavy atom. The van der Waals surface area contributed by atoms with Crippen LogP contribution in [0.2, 0.25) is 0 Å². The molecule has 0 aliphatic carbocycles. The molecule has 0 aromatic carbocycles. The second kappa shape index (κ2) is 8.31. The van der Waals surface area contributed by atoms with Crippen molar-refractivity contribution >= 4 is 6.03 Å². The van der Waals surface area contributed by atoms with E-state index in [1.54, 1.807) is 7.11 Å². The summed E-state index contributed by atoms with van der Waals surface area (Å²) in [6, 6.07) is -0.0469. The second-order valence-electron chi connectivity index (χ2n) is 4.52. The van der Waals surface area contributed by atoms with E-state index in [4.69, 9.17) is 4.74 Å². The summed E-state index contributed by atoms with van der Waals surface area (Å²) in [6.07, 6.45) is 2.33. The smallest absolute Gasteiger partial charge is 0.314 e. The van der Waals surface area contributed by atoms with Gasteiger partial charge in [0.1, 0.15) is 0 Å². The largest absolute Gasteiger partial charge is 0.383 e. The van der Waals surface area contributed by atoms with E-state index < -0.39 is 0 Å². The van der Waals surface area contributed by atoms with Crippen molar-refractivity contribution < 1.29 is 9.53 Å². The molecule has 0 atom stereocenters. The number of nitrogens with zero attached hydrogens (tertiary/aromatic N) is 1. The van der Waals surface area contributed by atoms with Crippen LogP contribution in [0.15, 0.2) is 0 Å². The van der Waals surface area contributed by atoms with Crippen LogP contribution in [0.1, 0.15) is 19.8 Å². The van der Waals surface area contributed by atoms with E-state index in [1.807, 2.05) is 6.92 Å². The maximum absolute atomic E-state index is 11.2. The minimum Gasteiger partial charge on any atom is -0.383 e. The number of hydrogen-bond donors (Lipinski definition) is 2. The Kier molecular flexibility index (Phi) is 6.96. The number of likely N-dealkylation sites (tertiary alicyclic amines) is 1. The first-order chi connectivity index (χ1) is 8.26. The monoisotopic (exact) mass is 243 g/mol. The van der Waals surface area contributed by atoms with Gasteiger partial charge in [-0.2, -0.15) is 0 Å². The van der Waals surface area contributed by atoms with Crippen molar-refractivity contribution in [2.75, 3.05) is 46.4 Å². The van der Waals surface area contributed by atoms with E-state index in [1.165, 1.54) is 0 Å². The Balaban J connectivity index is 2.08. The van der Waals surface area contributed by atoms with Crippen LogP contribution < -0.4 is 10.6 Å². The van der Waals surface area contributed by atoms with Gasteiger partial charge in [-0.15, -0.1) is 0 Å². The van der Waals surface area contributed by atoms with Gasteiger partial charge in [0.05, 0.1) is 6.61 Å². The van der Waals surface area contributed by atoms with Gasteiger partial charge < -0.3 is 20.3 Å². The lowest BCUT2D eigenvalue weighted by atomic mass is 9.97. The predicted molar refractivity (Wildman–Crippen MR) is 68.1 cm³/mol. The summed E-state index contributed by atoms with van der Waals surface area (Å²) in [5, 5.41) is 5.66. The molecule has 0 bridgehead atoms. The van der Waals surface area contributed by atoms with Crippen molar-refractivity contribution in [3.8, 4) is 0 Å². The third-order valence-corrected chi connectivity index (χ3v) is 3.21. The molecular formula is C12H25N3O2. The van der Waals surface area contributed by atoms with Gasteiger partial charge in [-0.1, -0.05) is 0 Å². The summed E-state index contributed by atoms with van der Waals surface area (Å²) < 4.78 is 5.07. The van der Waals surface area contributed by atoms with Crippen molar-refractivity contribution in [1.29, 1.82) is 0 Å². The average Bonchev–Trinajstić information content (AvgIpc) is 2.35. The first-order valence-corrected chi connectivity index (χ1v) is 6.49. The van der Waals surface area contributed by atoms with Gasteiger partial charge in [-0.3, -0.25) is 0 Å². The van der Waals surface area contributed by atoms with Gasteiger partial charge in [-0.25, -0.2) is 4.79 Å². The standard InChI is InChI=1S/C12H25N3O2/c1-3-13-12(16)14-10-11-4-6-15(7-5-11)8-9-17-2/h11H,3-10H2,1-2H3,(H2,13,14,16). The number of piperidine rings is 1. The SMILES string of the molecule is CCNC(=O)NCC1CCN(CCOC)CC1. The van der Waals surface area contributed by atoms with Crippen molar-refractivity contribution in [1.82, 2.24) is 15.5 Å². The average molecular weight is 243 g/mol. The van der Waals surface area contributed by atoms with E-state index in [2.05, 4.69) is 15.5 Å². The van der Waals surface area contributed by atoms with Gasteiger partial charge in [0.15, 0.2) is 0 Å². The molecular weight excluding hydrogens is 218 g/mol. The Morgan fingerprint density at radius 3 is 2.65 bits per heavy atom. The van der Waals surface area contributed by atoms with Gasteiger partial charge in [-0.05, 0) is 38.8 Å². The molecule has 0 radical (unpaired) electrons. The van der Waals surface area contributed by atoms with Crippen LogP contribution in [0.25, 0.3) is 0 Å². The van der Waals surface area contributed by atoms with Crippen molar-refractivity contribution in [3.63, 3.8) is 0 Å². The second-order valence-corrected chi connectivity index (χ2v) is 4.52. The van der Waals surface area contributed by atoms with Gasteiger partial charge in [0, 0.05) is 26.7 Å². The van der Waals surface area contributed by atoms with Crippen LogP contribution >= 0.6 is 0 Å². The first kappa shape index (κ1) is 14.3. The number of nitrogens with one attached hydrogen (secondary N) is 2. The zero-order valence-electron chi connectivity index (χ0n) is 11.0. The summed E-state index contributed by atoms with van der Waals surface area (Å²) in [6.45, 7) is 7.46. The molecule has 2 amide bonds. The highest BCUT2D eigenvalue weighted by molar-refractivity contribution is 5.73. The molecule has 1 saturated heterocycles. The number of rotatable bonds is 6. The summed E-state index contributed by atoms with van der Waals surface area (Å²) in [7, 11) is 1.74. The van der Waals surface area contributed by atoms with Crippen molar-refractivity contribution in [2.24, 2.45) is 5.92 Å². The summed E-state index contributed by atoms with van der Waals surface area (Å²) >= 11 is 0. The Bertz CT molecular complexity index is 216. The van der Waals surface area contributed by atoms with Crippen LogP contribution in [0.3, 0.4) is 0 Å². The van der Waals surface area contributed by atoms with E-state index in [0.29, 0.717) is 12.5 Å². The maximum atomic E-state index is 11.2. The first-order valence-electron chi connectivity index (χ1n) is 6.49. The van der Waals surface area contributed by atoms with Crippen LogP contribution in [0.4, 0.5) is 4.79 Å². The Labute approximate surface area is 104 Å². The Hall–Kier alpha value is -0.810. The predicted octanol–water partition coefficient (Wildman–Crippen LogP) is 0.664. The van der Waals surface area contributed by atoms with Crippen LogP contribution in [-0.4, -0.2) is 57.4 Å². The molecule has 5 nitrogen and oxygen atoms in total. The number of carbonyl (C=O) groups excluding carboxylic acids is 1. The minimum atomic E-state index is -0.0469. The van der Waals surface area contributed by atoms with E-state index in [9.17, 15) is 4.79 Å². The molecule has 2 N–H and O–H groups in total. The van der Waals surface area contributed by atoms with Crippen LogP contribution in [-0.2, 0) is 4.74 Å². The van der Waals surface area contributed by atoms with Gasteiger partial charge in [0.2, 0.25) is 0 Å². The zero-order chi connectivity index (χ0) is 12.5. The third-order valence-electron chi connectivity index (χ3n) is 3.21. The lowest BCUT2D eigenvalue weighted by Crippen LogP contribution is -2.42. The molecule has 0 aromatic heterocycles. The quantitative estimate of drug-likeness (QED) is 0.721. The van der Waals surface area contributed by atoms with E-state index in [0.717, 1.165) is 45.6 Å². The van der Waals surface area contributed by atoms with E-state index >= 15 is 0 Å². The highest BCUT2D eigenvalue weighted by Crippen LogP contribution is 2.15. The normalized spacial score (nSPS) is 18.0. The zero-order valence-corrected chi connectivity index (χ0v) is 11.0. The van der Waals surface area contributed by atoms with Crippen LogP contribution in [0, 0.1) is 5.92 Å². The molecule has 17 heavy (non-hydrogen) atoms. The molecule has 100 valence electrons. The molecule has 1 aliphatic heterocycles. The lowest BCUT2D eigenvalue weighted by Gasteiger charge is -2.31. The Morgan fingerprint density at radius 2 is 2.06 bits per heavy atom. The minimum absolute atomic E-state index is 0.0469. The molecule has 1 rings (SSSR count). The maximum Gasteiger partial charge on any atom is 0.314 e. The number of hydrogen-bond acceptors (Lipinski definition) is 3. The summed E-state index contributed by atoms with van der Waals surface area (Å²) in [5.41, 5.74) is 0. The summed E-state index contributed by atoms with van der Waals surface area (Å²) in [4.78, 5) is 13.7. The molecule has 1 aliphatic rings. The number of methoxy groups -OCH3 is 1. The molecule has 0 spiro atoms. The molecule has 1 fully saturated rings. The highest BCUT2D eigenvalue weighted by Gasteiger charge is 2.18. The number of ether oxygens (including phenoxy) is 1.